The molecule has 6 nitrogen and oxygen atoms in total. The van der Waals surface area contributed by atoms with Crippen LogP contribution in [0.3, 0.4) is 0 Å². The molecule has 5 aromatic carbocycles. The molecule has 9 aromatic rings. The van der Waals surface area contributed by atoms with Crippen molar-refractivity contribution in [1.82, 2.24) is 18.7 Å². The maximum Gasteiger partial charge on any atom is 0.241 e. The van der Waals surface area contributed by atoms with Gasteiger partial charge in [-0.3, -0.25) is 0 Å². The van der Waals surface area contributed by atoms with Gasteiger partial charge in [0.15, 0.2) is 0 Å². The Labute approximate surface area is 279 Å². The summed E-state index contributed by atoms with van der Waals surface area (Å²) in [4.78, 5) is 4.89. The number of hydrogen-bond donors (Lipinski definition) is 0. The van der Waals surface area contributed by atoms with Gasteiger partial charge in [0.2, 0.25) is 6.33 Å². The molecule has 9 rings (SSSR count). The van der Waals surface area contributed by atoms with Crippen molar-refractivity contribution >= 4 is 43.6 Å². The van der Waals surface area contributed by atoms with Crippen LogP contribution in [0.2, 0.25) is 0 Å². The predicted molar refractivity (Wildman–Crippen MR) is 176 cm³/mol. The largest absolute Gasteiger partial charge is 0.510 e. The van der Waals surface area contributed by atoms with Crippen LogP contribution in [0.15, 0.2) is 134 Å². The molecule has 0 atom stereocenters. The smallest absolute Gasteiger partial charge is 0.241 e. The number of hydrogen-bond acceptors (Lipinski definition) is 2. The van der Waals surface area contributed by atoms with Gasteiger partial charge in [0.05, 0.1) is 23.8 Å². The van der Waals surface area contributed by atoms with Crippen LogP contribution in [0.1, 0.15) is 0 Å². The fraction of sp³-hybridized carbons (Fsp3) is 0.0256. The number of nitrogens with zero attached hydrogens (tertiary/aromatic N) is 5. The molecule has 0 saturated heterocycles. The average Bonchev–Trinajstić information content (AvgIpc) is 3.76. The quantitative estimate of drug-likeness (QED) is 0.131. The first-order valence-electron chi connectivity index (χ1n) is 14.8. The van der Waals surface area contributed by atoms with Gasteiger partial charge in [-0.1, -0.05) is 65.8 Å². The number of aromatic nitrogens is 5. The molecule has 0 aliphatic rings. The summed E-state index contributed by atoms with van der Waals surface area (Å²) < 4.78 is 14.6. The van der Waals surface area contributed by atoms with E-state index in [9.17, 15) is 0 Å². The first kappa shape index (κ1) is 28.1. The Morgan fingerprint density at radius 2 is 1.30 bits per heavy atom. The second-order valence-electron chi connectivity index (χ2n) is 11.1. The van der Waals surface area contributed by atoms with Gasteiger partial charge in [-0.2, -0.15) is 18.2 Å². The van der Waals surface area contributed by atoms with Crippen LogP contribution in [0.4, 0.5) is 0 Å². The van der Waals surface area contributed by atoms with E-state index in [4.69, 9.17) is 9.72 Å². The number of aryl methyl sites for hydroxylation is 1. The number of para-hydroxylation sites is 3. The zero-order valence-electron chi connectivity index (χ0n) is 24.7. The van der Waals surface area contributed by atoms with E-state index in [1.165, 1.54) is 10.8 Å². The number of rotatable bonds is 5. The van der Waals surface area contributed by atoms with Crippen LogP contribution in [-0.4, -0.2) is 18.7 Å². The van der Waals surface area contributed by atoms with Gasteiger partial charge in [0.1, 0.15) is 5.82 Å². The van der Waals surface area contributed by atoms with Crippen molar-refractivity contribution in [2.45, 2.75) is 0 Å². The summed E-state index contributed by atoms with van der Waals surface area (Å²) in [6.45, 7) is 0. The van der Waals surface area contributed by atoms with Crippen LogP contribution >= 0.6 is 0 Å². The maximum absolute atomic E-state index is 6.34. The van der Waals surface area contributed by atoms with Gasteiger partial charge in [-0.25, -0.2) is 4.98 Å². The monoisotopic (exact) mass is 774 g/mol. The van der Waals surface area contributed by atoms with Crippen LogP contribution in [-0.2, 0) is 28.1 Å². The standard InChI is InChI=1S/C39H25N5O.Pt/c1-41-21-22-42(26-41)27-9-8-10-29(23-27)45-30-17-18-34-33-13-4-7-16-37(33)44(38(34)25-30)39-24-28(19-20-40-39)43-35-14-5-2-11-31(35)32-12-3-6-15-36(32)43;/h2-22,24H,1H3;/q-2;. The van der Waals surface area contributed by atoms with Crippen LogP contribution in [0, 0.1) is 18.5 Å². The number of imidazole rings is 1. The average molecular weight is 775 g/mol. The summed E-state index contributed by atoms with van der Waals surface area (Å²) in [5, 5.41) is 4.66. The Bertz CT molecular complexity index is 2500. The molecule has 0 spiro atoms. The fourth-order valence-electron chi connectivity index (χ4n) is 6.33. The third kappa shape index (κ3) is 4.53. The Morgan fingerprint density at radius 1 is 0.652 bits per heavy atom. The molecule has 0 N–H and O–H groups in total. The van der Waals surface area contributed by atoms with Crippen molar-refractivity contribution in [2.24, 2.45) is 7.05 Å². The zero-order chi connectivity index (χ0) is 29.9. The minimum absolute atomic E-state index is 0. The fourth-order valence-corrected chi connectivity index (χ4v) is 6.33. The molecule has 4 heterocycles. The molecule has 0 saturated carbocycles. The van der Waals surface area contributed by atoms with Crippen LogP contribution in [0.25, 0.3) is 60.8 Å². The van der Waals surface area contributed by atoms with E-state index in [1.807, 2.05) is 59.0 Å². The van der Waals surface area contributed by atoms with Gasteiger partial charge in [-0.05, 0) is 29.7 Å². The number of pyridine rings is 1. The van der Waals surface area contributed by atoms with E-state index in [-0.39, 0.29) is 21.1 Å². The van der Waals surface area contributed by atoms with Crippen molar-refractivity contribution in [3.63, 3.8) is 0 Å². The summed E-state index contributed by atoms with van der Waals surface area (Å²) in [6.07, 6.45) is 8.97. The molecule has 0 fully saturated rings. The molecule has 4 aromatic heterocycles. The van der Waals surface area contributed by atoms with E-state index in [0.29, 0.717) is 11.5 Å². The SMILES string of the molecule is C[n+]1[c-]n(-c2[c-]c(Oc3[c-]c4c(cc3)c3ccccc3n4-c3cc(-n4c5ccccc5c5ccccc54)ccn3)ccc2)cc1.[Pt]. The normalized spacial score (nSPS) is 11.4. The molecule has 224 valence electrons. The van der Waals surface area contributed by atoms with E-state index in [1.54, 1.807) is 0 Å². The van der Waals surface area contributed by atoms with E-state index >= 15 is 0 Å². The molecular weight excluding hydrogens is 750 g/mol. The topological polar surface area (TPSA) is 40.8 Å². The van der Waals surface area contributed by atoms with Crippen molar-refractivity contribution < 1.29 is 30.4 Å². The molecule has 46 heavy (non-hydrogen) atoms. The second-order valence-corrected chi connectivity index (χ2v) is 11.1. The molecule has 0 amide bonds. The number of ether oxygens (including phenoxy) is 1. The summed E-state index contributed by atoms with van der Waals surface area (Å²) in [5.74, 6) is 2.00. The molecule has 0 aliphatic heterocycles. The first-order chi connectivity index (χ1) is 22.2. The van der Waals surface area contributed by atoms with E-state index in [2.05, 4.69) is 119 Å². The molecule has 0 aliphatic carbocycles. The minimum Gasteiger partial charge on any atom is -0.510 e. The summed E-state index contributed by atoms with van der Waals surface area (Å²) >= 11 is 0. The summed E-state index contributed by atoms with van der Waals surface area (Å²) in [7, 11) is 1.94. The zero-order valence-corrected chi connectivity index (χ0v) is 26.9. The van der Waals surface area contributed by atoms with Gasteiger partial charge in [-0.15, -0.1) is 29.7 Å². The predicted octanol–water partition coefficient (Wildman–Crippen LogP) is 8.08. The van der Waals surface area contributed by atoms with E-state index in [0.717, 1.165) is 50.0 Å². The Hall–Kier alpha value is -5.45. The molecule has 7 heteroatoms. The van der Waals surface area contributed by atoms with Gasteiger partial charge in [0.25, 0.3) is 0 Å². The van der Waals surface area contributed by atoms with Gasteiger partial charge >= 0.3 is 0 Å². The van der Waals surface area contributed by atoms with Gasteiger partial charge < -0.3 is 23.0 Å². The molecule has 0 bridgehead atoms. The van der Waals surface area contributed by atoms with Crippen LogP contribution in [0.5, 0.6) is 11.5 Å². The third-order valence-corrected chi connectivity index (χ3v) is 8.29. The van der Waals surface area contributed by atoms with Crippen molar-refractivity contribution in [2.75, 3.05) is 0 Å². The Kier molecular flexibility index (Phi) is 6.81. The first-order valence-corrected chi connectivity index (χ1v) is 14.8. The van der Waals surface area contributed by atoms with Gasteiger partial charge in [0, 0.05) is 73.5 Å². The number of fused-ring (bicyclic) bond motifs is 6. The van der Waals surface area contributed by atoms with E-state index < -0.39 is 0 Å². The number of benzene rings is 5. The van der Waals surface area contributed by atoms with Crippen molar-refractivity contribution in [1.29, 1.82) is 0 Å². The second kappa shape index (κ2) is 11.2. The molecule has 0 unspecified atom stereocenters. The third-order valence-electron chi connectivity index (χ3n) is 8.29. The molecule has 0 radical (unpaired) electrons. The summed E-state index contributed by atoms with van der Waals surface area (Å²) in [6, 6.07) is 46.5. The maximum atomic E-state index is 6.34. The Morgan fingerprint density at radius 3 is 2.00 bits per heavy atom. The van der Waals surface area contributed by atoms with Crippen LogP contribution < -0.4 is 9.30 Å². The Balaban J connectivity index is 0.00000312. The molecular formula is C39H25N5OPt-2. The summed E-state index contributed by atoms with van der Waals surface area (Å²) in [5.41, 5.74) is 6.14. The minimum atomic E-state index is 0. The van der Waals surface area contributed by atoms with Crippen molar-refractivity contribution in [3.05, 3.63) is 152 Å². The van der Waals surface area contributed by atoms with Crippen molar-refractivity contribution in [3.8, 4) is 28.7 Å².